The molecule has 1 aliphatic rings. The van der Waals surface area contributed by atoms with Gasteiger partial charge in [0.1, 0.15) is 0 Å². The van der Waals surface area contributed by atoms with Crippen molar-refractivity contribution >= 4 is 28.7 Å². The van der Waals surface area contributed by atoms with Crippen LogP contribution in [0.1, 0.15) is 34.2 Å². The lowest BCUT2D eigenvalue weighted by molar-refractivity contribution is 0.912. The molecule has 1 nitrogen and oxygen atoms in total. The first-order chi connectivity index (χ1) is 20.8. The molecule has 0 saturated heterocycles. The molecule has 0 aliphatic heterocycles. The van der Waals surface area contributed by atoms with E-state index in [4.69, 9.17) is 0 Å². The highest BCUT2D eigenvalue weighted by Crippen LogP contribution is 2.37. The number of aryl methyl sites for hydroxylation is 2. The van der Waals surface area contributed by atoms with Crippen LogP contribution in [0.4, 0.5) is 17.1 Å². The van der Waals surface area contributed by atoms with Gasteiger partial charge in [-0.15, -0.1) is 0 Å². The summed E-state index contributed by atoms with van der Waals surface area (Å²) in [6.45, 7) is 0. The van der Waals surface area contributed by atoms with Crippen molar-refractivity contribution < 1.29 is 0 Å². The standard InChI is InChI=1S/C41H33N/c1-4-11-32(12-5-1)34-21-23-36(24-22-34)41(35-13-6-2-7-14-35)29-31-19-26-39(27-20-31)42(38-17-8-3-9-18-38)40-28-25-33-15-10-16-37(33)30-40/h1-9,11-14,17-30H,10,15-16H2. The fourth-order valence-corrected chi connectivity index (χ4v) is 6.03. The number of hydrogen-bond acceptors (Lipinski definition) is 1. The van der Waals surface area contributed by atoms with E-state index >= 15 is 0 Å². The molecule has 6 aromatic carbocycles. The molecule has 202 valence electrons. The van der Waals surface area contributed by atoms with Gasteiger partial charge in [-0.3, -0.25) is 0 Å². The maximum atomic E-state index is 2.38. The van der Waals surface area contributed by atoms with Gasteiger partial charge in [-0.25, -0.2) is 0 Å². The summed E-state index contributed by atoms with van der Waals surface area (Å²) in [7, 11) is 0. The lowest BCUT2D eigenvalue weighted by Gasteiger charge is -2.26. The van der Waals surface area contributed by atoms with Crippen molar-refractivity contribution in [3.05, 3.63) is 186 Å². The maximum Gasteiger partial charge on any atom is 0.0464 e. The quantitative estimate of drug-likeness (QED) is 0.182. The van der Waals surface area contributed by atoms with Crippen LogP contribution in [0.2, 0.25) is 0 Å². The molecule has 1 aliphatic carbocycles. The molecular weight excluding hydrogens is 506 g/mol. The molecule has 0 saturated carbocycles. The topological polar surface area (TPSA) is 3.24 Å². The van der Waals surface area contributed by atoms with E-state index in [9.17, 15) is 0 Å². The lowest BCUT2D eigenvalue weighted by Crippen LogP contribution is -2.10. The van der Waals surface area contributed by atoms with E-state index in [1.807, 2.05) is 0 Å². The average Bonchev–Trinajstić information content (AvgIpc) is 3.54. The summed E-state index contributed by atoms with van der Waals surface area (Å²) in [5.74, 6) is 0. The van der Waals surface area contributed by atoms with Crippen LogP contribution in [0.3, 0.4) is 0 Å². The summed E-state index contributed by atoms with van der Waals surface area (Å²) in [6.07, 6.45) is 5.92. The van der Waals surface area contributed by atoms with Gasteiger partial charge in [-0.2, -0.15) is 0 Å². The van der Waals surface area contributed by atoms with Gasteiger partial charge in [0.2, 0.25) is 0 Å². The monoisotopic (exact) mass is 539 g/mol. The predicted molar refractivity (Wildman–Crippen MR) is 178 cm³/mol. The highest BCUT2D eigenvalue weighted by Gasteiger charge is 2.17. The van der Waals surface area contributed by atoms with Gasteiger partial charge >= 0.3 is 0 Å². The zero-order chi connectivity index (χ0) is 28.1. The van der Waals surface area contributed by atoms with Crippen molar-refractivity contribution in [2.75, 3.05) is 4.90 Å². The van der Waals surface area contributed by atoms with Crippen molar-refractivity contribution in [2.24, 2.45) is 0 Å². The Bertz CT molecular complexity index is 1800. The summed E-state index contributed by atoms with van der Waals surface area (Å²) < 4.78 is 0. The molecule has 0 aromatic heterocycles. The summed E-state index contributed by atoms with van der Waals surface area (Å²) in [6, 6.07) is 56.8. The van der Waals surface area contributed by atoms with Crippen molar-refractivity contribution in [3.63, 3.8) is 0 Å². The van der Waals surface area contributed by atoms with Gasteiger partial charge in [-0.05, 0) is 106 Å². The minimum absolute atomic E-state index is 1.16. The molecule has 0 heterocycles. The smallest absolute Gasteiger partial charge is 0.0464 e. The van der Waals surface area contributed by atoms with Gasteiger partial charge in [0, 0.05) is 17.1 Å². The molecule has 0 unspecified atom stereocenters. The number of para-hydroxylation sites is 1. The van der Waals surface area contributed by atoms with Gasteiger partial charge < -0.3 is 4.90 Å². The fourth-order valence-electron chi connectivity index (χ4n) is 6.03. The molecule has 0 spiro atoms. The van der Waals surface area contributed by atoms with E-state index in [-0.39, 0.29) is 0 Å². The van der Waals surface area contributed by atoms with E-state index in [1.165, 1.54) is 75.2 Å². The summed E-state index contributed by atoms with van der Waals surface area (Å²) in [5, 5.41) is 0. The zero-order valence-corrected chi connectivity index (χ0v) is 23.7. The molecular formula is C41H33N. The van der Waals surface area contributed by atoms with Crippen molar-refractivity contribution in [1.82, 2.24) is 0 Å². The van der Waals surface area contributed by atoms with Crippen LogP contribution in [-0.2, 0) is 12.8 Å². The minimum Gasteiger partial charge on any atom is -0.310 e. The Kier molecular flexibility index (Phi) is 7.23. The number of nitrogens with zero attached hydrogens (tertiary/aromatic N) is 1. The van der Waals surface area contributed by atoms with Crippen LogP contribution in [0.25, 0.3) is 22.8 Å². The fraction of sp³-hybridized carbons (Fsp3) is 0.0732. The van der Waals surface area contributed by atoms with Gasteiger partial charge in [0.15, 0.2) is 0 Å². The first-order valence-corrected chi connectivity index (χ1v) is 14.8. The summed E-state index contributed by atoms with van der Waals surface area (Å²) >= 11 is 0. The van der Waals surface area contributed by atoms with E-state index in [0.717, 1.165) is 5.69 Å². The Balaban J connectivity index is 1.25. The van der Waals surface area contributed by atoms with Crippen molar-refractivity contribution in [2.45, 2.75) is 19.3 Å². The predicted octanol–water partition coefficient (Wildman–Crippen LogP) is 10.9. The Morgan fingerprint density at radius 3 is 1.71 bits per heavy atom. The molecule has 6 aromatic rings. The molecule has 7 rings (SSSR count). The zero-order valence-electron chi connectivity index (χ0n) is 23.7. The largest absolute Gasteiger partial charge is 0.310 e. The highest BCUT2D eigenvalue weighted by atomic mass is 15.1. The summed E-state index contributed by atoms with van der Waals surface area (Å²) in [4.78, 5) is 2.37. The second kappa shape index (κ2) is 11.8. The SMILES string of the molecule is C(=C(c1ccccc1)c1ccc(-c2ccccc2)cc1)c1ccc(N(c2ccccc2)c2ccc3c(c2)CCC3)cc1. The average molecular weight is 540 g/mol. The van der Waals surface area contributed by atoms with Crippen LogP contribution in [0.5, 0.6) is 0 Å². The second-order valence-electron chi connectivity index (χ2n) is 10.9. The van der Waals surface area contributed by atoms with Crippen molar-refractivity contribution in [3.8, 4) is 11.1 Å². The van der Waals surface area contributed by atoms with Crippen molar-refractivity contribution in [1.29, 1.82) is 0 Å². The number of fused-ring (bicyclic) bond motifs is 1. The Morgan fingerprint density at radius 2 is 1.00 bits per heavy atom. The number of rotatable bonds is 7. The third kappa shape index (κ3) is 5.42. The van der Waals surface area contributed by atoms with E-state index in [1.54, 1.807) is 0 Å². The molecule has 0 N–H and O–H groups in total. The van der Waals surface area contributed by atoms with Crippen LogP contribution in [-0.4, -0.2) is 0 Å². The van der Waals surface area contributed by atoms with Crippen LogP contribution in [0, 0.1) is 0 Å². The molecule has 0 bridgehead atoms. The molecule has 0 radical (unpaired) electrons. The Morgan fingerprint density at radius 1 is 0.452 bits per heavy atom. The molecule has 1 heteroatoms. The molecule has 0 atom stereocenters. The number of hydrogen-bond donors (Lipinski definition) is 0. The highest BCUT2D eigenvalue weighted by molar-refractivity contribution is 5.92. The first kappa shape index (κ1) is 25.8. The van der Waals surface area contributed by atoms with Gasteiger partial charge in [0.25, 0.3) is 0 Å². The van der Waals surface area contributed by atoms with Crippen LogP contribution < -0.4 is 4.90 Å². The van der Waals surface area contributed by atoms with Crippen LogP contribution >= 0.6 is 0 Å². The van der Waals surface area contributed by atoms with Gasteiger partial charge in [0.05, 0.1) is 0 Å². The first-order valence-electron chi connectivity index (χ1n) is 14.8. The Labute approximate surface area is 249 Å². The minimum atomic E-state index is 1.16. The van der Waals surface area contributed by atoms with E-state index in [0.29, 0.717) is 0 Å². The second-order valence-corrected chi connectivity index (χ2v) is 10.9. The van der Waals surface area contributed by atoms with Gasteiger partial charge in [-0.1, -0.05) is 121 Å². The third-order valence-corrected chi connectivity index (χ3v) is 8.20. The van der Waals surface area contributed by atoms with E-state index in [2.05, 4.69) is 169 Å². The van der Waals surface area contributed by atoms with E-state index < -0.39 is 0 Å². The van der Waals surface area contributed by atoms with Crippen LogP contribution in [0.15, 0.2) is 158 Å². The normalized spacial score (nSPS) is 12.6. The number of anilines is 3. The number of benzene rings is 6. The third-order valence-electron chi connectivity index (χ3n) is 8.20. The summed E-state index contributed by atoms with van der Waals surface area (Å²) in [5.41, 5.74) is 13.8. The lowest BCUT2D eigenvalue weighted by atomic mass is 9.94. The molecule has 42 heavy (non-hydrogen) atoms. The molecule has 0 fully saturated rings. The molecule has 0 amide bonds. The maximum absolute atomic E-state index is 2.38. The Hall–Kier alpha value is -5.14.